The number of likely N-dealkylation sites (tertiary alicyclic amines) is 1. The van der Waals surface area contributed by atoms with Crippen LogP contribution >= 0.6 is 0 Å². The van der Waals surface area contributed by atoms with Crippen molar-refractivity contribution in [2.24, 2.45) is 5.92 Å². The van der Waals surface area contributed by atoms with Crippen LogP contribution in [-0.4, -0.2) is 66.3 Å². The predicted octanol–water partition coefficient (Wildman–Crippen LogP) is 0.710. The number of β-amino-alcohol motifs (C(OH)–C–C–N with tert-alkyl or cyclic N) is 1. The predicted molar refractivity (Wildman–Crippen MR) is 59.9 cm³/mol. The van der Waals surface area contributed by atoms with E-state index in [1.165, 1.54) is 0 Å². The molecule has 1 heterocycles. The van der Waals surface area contributed by atoms with E-state index in [-0.39, 0.29) is 12.5 Å². The molecule has 4 nitrogen and oxygen atoms in total. The summed E-state index contributed by atoms with van der Waals surface area (Å²) in [6, 6.07) is 0. The second-order valence-corrected chi connectivity index (χ2v) is 4.93. The standard InChI is InChI=1S/C11H19F3N2O2/c1-8-3-4-16(5-9(8)17)6-10(18)15(2)7-11(12,13)14/h8-9,17H,3-7H2,1-2H3. The van der Waals surface area contributed by atoms with Gasteiger partial charge in [0.25, 0.3) is 0 Å². The fourth-order valence-electron chi connectivity index (χ4n) is 1.93. The Bertz CT molecular complexity index is 297. The first kappa shape index (κ1) is 15.2. The van der Waals surface area contributed by atoms with Crippen molar-refractivity contribution in [2.75, 3.05) is 33.2 Å². The van der Waals surface area contributed by atoms with Crippen LogP contribution in [0.15, 0.2) is 0 Å². The van der Waals surface area contributed by atoms with Gasteiger partial charge in [0.1, 0.15) is 6.54 Å². The van der Waals surface area contributed by atoms with Crippen LogP contribution < -0.4 is 0 Å². The number of carbonyl (C=O) groups excluding carboxylic acids is 1. The molecule has 0 saturated carbocycles. The Morgan fingerprint density at radius 1 is 1.50 bits per heavy atom. The summed E-state index contributed by atoms with van der Waals surface area (Å²) in [5, 5.41) is 9.64. The van der Waals surface area contributed by atoms with E-state index < -0.39 is 24.7 Å². The number of aliphatic hydroxyl groups is 1. The number of rotatable bonds is 3. The van der Waals surface area contributed by atoms with E-state index in [2.05, 4.69) is 0 Å². The number of likely N-dealkylation sites (N-methyl/N-ethyl adjacent to an activating group) is 1. The van der Waals surface area contributed by atoms with E-state index in [1.54, 1.807) is 4.90 Å². The molecule has 106 valence electrons. The number of aliphatic hydroxyl groups excluding tert-OH is 1. The molecule has 2 atom stereocenters. The number of alkyl halides is 3. The van der Waals surface area contributed by atoms with Gasteiger partial charge < -0.3 is 10.0 Å². The van der Waals surface area contributed by atoms with Crippen LogP contribution in [0.25, 0.3) is 0 Å². The summed E-state index contributed by atoms with van der Waals surface area (Å²) in [7, 11) is 1.14. The Morgan fingerprint density at radius 3 is 2.61 bits per heavy atom. The monoisotopic (exact) mass is 268 g/mol. The third-order valence-electron chi connectivity index (χ3n) is 3.20. The molecule has 0 aromatic rings. The highest BCUT2D eigenvalue weighted by atomic mass is 19.4. The Morgan fingerprint density at radius 2 is 2.11 bits per heavy atom. The molecular formula is C11H19F3N2O2. The van der Waals surface area contributed by atoms with Crippen molar-refractivity contribution in [1.82, 2.24) is 9.80 Å². The summed E-state index contributed by atoms with van der Waals surface area (Å²) >= 11 is 0. The quantitative estimate of drug-likeness (QED) is 0.820. The molecular weight excluding hydrogens is 249 g/mol. The molecule has 0 spiro atoms. The number of amides is 1. The zero-order valence-electron chi connectivity index (χ0n) is 10.6. The van der Waals surface area contributed by atoms with Crippen molar-refractivity contribution < 1.29 is 23.1 Å². The number of hydrogen-bond donors (Lipinski definition) is 1. The van der Waals surface area contributed by atoms with Crippen LogP contribution in [0.2, 0.25) is 0 Å². The number of halogens is 3. The van der Waals surface area contributed by atoms with Gasteiger partial charge in [-0.05, 0) is 18.9 Å². The van der Waals surface area contributed by atoms with Gasteiger partial charge in [0.15, 0.2) is 0 Å². The van der Waals surface area contributed by atoms with E-state index in [0.717, 1.165) is 13.5 Å². The molecule has 1 N–H and O–H groups in total. The van der Waals surface area contributed by atoms with Crippen LogP contribution in [0, 0.1) is 5.92 Å². The molecule has 0 aromatic heterocycles. The van der Waals surface area contributed by atoms with Crippen molar-refractivity contribution in [3.05, 3.63) is 0 Å². The zero-order valence-corrected chi connectivity index (χ0v) is 10.6. The first-order valence-electron chi connectivity index (χ1n) is 5.90. The maximum atomic E-state index is 12.1. The third-order valence-corrected chi connectivity index (χ3v) is 3.20. The molecule has 2 unspecified atom stereocenters. The summed E-state index contributed by atoms with van der Waals surface area (Å²) < 4.78 is 36.3. The van der Waals surface area contributed by atoms with Crippen LogP contribution in [-0.2, 0) is 4.79 Å². The fraction of sp³-hybridized carbons (Fsp3) is 0.909. The number of nitrogens with zero attached hydrogens (tertiary/aromatic N) is 2. The summed E-state index contributed by atoms with van der Waals surface area (Å²) in [4.78, 5) is 13.9. The molecule has 0 aliphatic carbocycles. The topological polar surface area (TPSA) is 43.8 Å². The average molecular weight is 268 g/mol. The van der Waals surface area contributed by atoms with Gasteiger partial charge in [-0.15, -0.1) is 0 Å². The lowest BCUT2D eigenvalue weighted by Crippen LogP contribution is -2.48. The molecule has 1 aliphatic rings. The van der Waals surface area contributed by atoms with E-state index in [4.69, 9.17) is 0 Å². The van der Waals surface area contributed by atoms with Crippen molar-refractivity contribution >= 4 is 5.91 Å². The molecule has 0 aromatic carbocycles. The molecule has 1 fully saturated rings. The van der Waals surface area contributed by atoms with E-state index in [9.17, 15) is 23.1 Å². The van der Waals surface area contributed by atoms with E-state index in [1.807, 2.05) is 6.92 Å². The average Bonchev–Trinajstić information content (AvgIpc) is 2.21. The molecule has 1 amide bonds. The Kier molecular flexibility index (Phi) is 4.98. The van der Waals surface area contributed by atoms with Crippen LogP contribution in [0.4, 0.5) is 13.2 Å². The first-order chi connectivity index (χ1) is 8.19. The van der Waals surface area contributed by atoms with Crippen LogP contribution in [0.1, 0.15) is 13.3 Å². The maximum absolute atomic E-state index is 12.1. The third kappa shape index (κ3) is 4.81. The Labute approximate surface area is 104 Å². The minimum absolute atomic E-state index is 0.0731. The van der Waals surface area contributed by atoms with Gasteiger partial charge in [-0.1, -0.05) is 6.92 Å². The fourth-order valence-corrected chi connectivity index (χ4v) is 1.93. The van der Waals surface area contributed by atoms with Crippen LogP contribution in [0.5, 0.6) is 0 Å². The summed E-state index contributed by atoms with van der Waals surface area (Å²) in [6.07, 6.45) is -4.14. The van der Waals surface area contributed by atoms with Gasteiger partial charge in [-0.2, -0.15) is 13.2 Å². The van der Waals surface area contributed by atoms with Gasteiger partial charge in [-0.3, -0.25) is 9.69 Å². The van der Waals surface area contributed by atoms with E-state index in [0.29, 0.717) is 18.0 Å². The Balaban J connectivity index is 2.40. The normalized spacial score (nSPS) is 26.1. The highest BCUT2D eigenvalue weighted by Crippen LogP contribution is 2.18. The lowest BCUT2D eigenvalue weighted by Gasteiger charge is -2.34. The molecule has 7 heteroatoms. The van der Waals surface area contributed by atoms with Gasteiger partial charge in [0.05, 0.1) is 12.6 Å². The number of carbonyl (C=O) groups is 1. The van der Waals surface area contributed by atoms with Crippen molar-refractivity contribution in [3.8, 4) is 0 Å². The molecule has 1 saturated heterocycles. The van der Waals surface area contributed by atoms with Crippen molar-refractivity contribution in [2.45, 2.75) is 25.6 Å². The molecule has 0 bridgehead atoms. The largest absolute Gasteiger partial charge is 0.406 e. The number of hydrogen-bond acceptors (Lipinski definition) is 3. The van der Waals surface area contributed by atoms with Gasteiger partial charge in [0, 0.05) is 13.6 Å². The summed E-state index contributed by atoms with van der Waals surface area (Å²) in [5.74, 6) is -0.404. The molecule has 18 heavy (non-hydrogen) atoms. The summed E-state index contributed by atoms with van der Waals surface area (Å²) in [5.41, 5.74) is 0. The van der Waals surface area contributed by atoms with Crippen LogP contribution in [0.3, 0.4) is 0 Å². The maximum Gasteiger partial charge on any atom is 0.406 e. The second-order valence-electron chi connectivity index (χ2n) is 4.93. The highest BCUT2D eigenvalue weighted by Gasteiger charge is 2.32. The lowest BCUT2D eigenvalue weighted by atomic mass is 9.96. The van der Waals surface area contributed by atoms with Gasteiger partial charge in [0.2, 0.25) is 5.91 Å². The molecule has 0 radical (unpaired) electrons. The minimum atomic E-state index is -4.37. The molecule has 1 aliphatic heterocycles. The second kappa shape index (κ2) is 5.88. The van der Waals surface area contributed by atoms with Gasteiger partial charge >= 0.3 is 6.18 Å². The van der Waals surface area contributed by atoms with Gasteiger partial charge in [-0.25, -0.2) is 0 Å². The highest BCUT2D eigenvalue weighted by molar-refractivity contribution is 5.78. The summed E-state index contributed by atoms with van der Waals surface area (Å²) in [6.45, 7) is 1.57. The van der Waals surface area contributed by atoms with Crippen molar-refractivity contribution in [1.29, 1.82) is 0 Å². The first-order valence-corrected chi connectivity index (χ1v) is 5.90. The Hall–Kier alpha value is -0.820. The SMILES string of the molecule is CC1CCN(CC(=O)N(C)CC(F)(F)F)CC1O. The van der Waals surface area contributed by atoms with E-state index >= 15 is 0 Å². The minimum Gasteiger partial charge on any atom is -0.392 e. The number of piperidine rings is 1. The van der Waals surface area contributed by atoms with Crippen molar-refractivity contribution in [3.63, 3.8) is 0 Å². The lowest BCUT2D eigenvalue weighted by molar-refractivity contribution is -0.159. The smallest absolute Gasteiger partial charge is 0.392 e. The zero-order chi connectivity index (χ0) is 13.9. The molecule has 1 rings (SSSR count).